The van der Waals surface area contributed by atoms with Crippen molar-refractivity contribution in [2.24, 2.45) is 0 Å². The molecule has 0 fully saturated rings. The first-order chi connectivity index (χ1) is 8.10. The molecule has 5 heteroatoms. The number of hydrogen-bond acceptors (Lipinski definition) is 3. The molecular formula is C12H14ClNO3. The first-order valence-electron chi connectivity index (χ1n) is 5.06. The molecule has 0 saturated carbocycles. The molecule has 0 radical (unpaired) electrons. The lowest BCUT2D eigenvalue weighted by atomic mass is 10.1. The summed E-state index contributed by atoms with van der Waals surface area (Å²) in [4.78, 5) is 24.3. The van der Waals surface area contributed by atoms with Crippen LogP contribution in [0.4, 0.5) is 0 Å². The molecule has 0 aliphatic rings. The second-order valence-corrected chi connectivity index (χ2v) is 3.80. The Morgan fingerprint density at radius 3 is 2.59 bits per heavy atom. The lowest BCUT2D eigenvalue weighted by Crippen LogP contribution is -2.28. The van der Waals surface area contributed by atoms with Gasteiger partial charge in [-0.25, -0.2) is 4.79 Å². The number of esters is 1. The summed E-state index contributed by atoms with van der Waals surface area (Å²) in [7, 11) is 2.96. The molecule has 4 nitrogen and oxygen atoms in total. The minimum atomic E-state index is -0.410. The van der Waals surface area contributed by atoms with Crippen molar-refractivity contribution in [2.45, 2.75) is 6.54 Å². The number of halogens is 1. The zero-order valence-corrected chi connectivity index (χ0v) is 10.5. The highest BCUT2D eigenvalue weighted by Gasteiger charge is 2.14. The van der Waals surface area contributed by atoms with E-state index in [-0.39, 0.29) is 11.8 Å². The van der Waals surface area contributed by atoms with Crippen LogP contribution < -0.4 is 0 Å². The van der Waals surface area contributed by atoms with Gasteiger partial charge in [0.1, 0.15) is 5.88 Å². The quantitative estimate of drug-likeness (QED) is 0.607. The highest BCUT2D eigenvalue weighted by molar-refractivity contribution is 6.27. The third kappa shape index (κ3) is 3.46. The Morgan fingerprint density at radius 1 is 1.35 bits per heavy atom. The number of carbonyl (C=O) groups is 2. The van der Waals surface area contributed by atoms with Crippen LogP contribution in [0.2, 0.25) is 0 Å². The number of alkyl halides is 1. The second kappa shape index (κ2) is 6.25. The van der Waals surface area contributed by atoms with Crippen molar-refractivity contribution in [1.29, 1.82) is 0 Å². The highest BCUT2D eigenvalue weighted by Crippen LogP contribution is 2.12. The maximum Gasteiger partial charge on any atom is 0.338 e. The molecule has 92 valence electrons. The molecule has 0 spiro atoms. The molecule has 0 N–H and O–H groups in total. The van der Waals surface area contributed by atoms with E-state index in [0.29, 0.717) is 12.1 Å². The fourth-order valence-corrected chi connectivity index (χ4v) is 1.62. The predicted octanol–water partition coefficient (Wildman–Crippen LogP) is 1.67. The Kier molecular flexibility index (Phi) is 4.97. The first-order valence-corrected chi connectivity index (χ1v) is 5.59. The van der Waals surface area contributed by atoms with E-state index < -0.39 is 5.97 Å². The molecule has 0 aromatic heterocycles. The number of methoxy groups -OCH3 is 1. The second-order valence-electron chi connectivity index (χ2n) is 3.53. The predicted molar refractivity (Wildman–Crippen MR) is 65.0 cm³/mol. The number of hydrogen-bond donors (Lipinski definition) is 0. The van der Waals surface area contributed by atoms with E-state index in [0.717, 1.165) is 5.56 Å². The Morgan fingerprint density at radius 2 is 2.00 bits per heavy atom. The zero-order chi connectivity index (χ0) is 12.8. The normalized spacial score (nSPS) is 9.82. The smallest absolute Gasteiger partial charge is 0.338 e. The Balaban J connectivity index is 2.91. The van der Waals surface area contributed by atoms with Crippen molar-refractivity contribution >= 4 is 23.5 Å². The first kappa shape index (κ1) is 13.5. The van der Waals surface area contributed by atoms with Gasteiger partial charge in [-0.15, -0.1) is 11.6 Å². The lowest BCUT2D eigenvalue weighted by Gasteiger charge is -2.17. The third-order valence-corrected chi connectivity index (χ3v) is 2.60. The number of nitrogens with zero attached hydrogens (tertiary/aromatic N) is 1. The highest BCUT2D eigenvalue weighted by atomic mass is 35.5. The van der Waals surface area contributed by atoms with E-state index in [1.54, 1.807) is 31.3 Å². The minimum Gasteiger partial charge on any atom is -0.465 e. The van der Waals surface area contributed by atoms with Gasteiger partial charge in [0, 0.05) is 13.6 Å². The van der Waals surface area contributed by atoms with Crippen LogP contribution in [0, 0.1) is 0 Å². The van der Waals surface area contributed by atoms with Crippen molar-refractivity contribution in [3.05, 3.63) is 35.4 Å². The standard InChI is InChI=1S/C12H14ClNO3/c1-14(11(15)7-13)8-9-5-3-4-6-10(9)12(16)17-2/h3-6H,7-8H2,1-2H3. The molecule has 1 aromatic rings. The summed E-state index contributed by atoms with van der Waals surface area (Å²) < 4.78 is 4.68. The Labute approximate surface area is 105 Å². The van der Waals surface area contributed by atoms with Gasteiger partial charge >= 0.3 is 5.97 Å². The topological polar surface area (TPSA) is 46.6 Å². The fraction of sp³-hybridized carbons (Fsp3) is 0.333. The van der Waals surface area contributed by atoms with Crippen LogP contribution in [0.5, 0.6) is 0 Å². The van der Waals surface area contributed by atoms with Gasteiger partial charge in [-0.3, -0.25) is 4.79 Å². The van der Waals surface area contributed by atoms with Gasteiger partial charge in [0.2, 0.25) is 5.91 Å². The zero-order valence-electron chi connectivity index (χ0n) is 9.77. The van der Waals surface area contributed by atoms with E-state index >= 15 is 0 Å². The van der Waals surface area contributed by atoms with Crippen LogP contribution in [0.25, 0.3) is 0 Å². The molecule has 0 saturated heterocycles. The van der Waals surface area contributed by atoms with Crippen LogP contribution in [0.3, 0.4) is 0 Å². The van der Waals surface area contributed by atoms with Crippen LogP contribution in [-0.2, 0) is 16.1 Å². The molecule has 1 rings (SSSR count). The summed E-state index contributed by atoms with van der Waals surface area (Å²) in [6, 6.07) is 7.00. The van der Waals surface area contributed by atoms with Crippen LogP contribution >= 0.6 is 11.6 Å². The molecular weight excluding hydrogens is 242 g/mol. The van der Waals surface area contributed by atoms with Crippen molar-refractivity contribution in [2.75, 3.05) is 20.0 Å². The van der Waals surface area contributed by atoms with Gasteiger partial charge in [0.05, 0.1) is 12.7 Å². The van der Waals surface area contributed by atoms with Gasteiger partial charge in [-0.1, -0.05) is 18.2 Å². The van der Waals surface area contributed by atoms with Crippen molar-refractivity contribution < 1.29 is 14.3 Å². The number of rotatable bonds is 4. The van der Waals surface area contributed by atoms with Crippen molar-refractivity contribution in [3.8, 4) is 0 Å². The Bertz CT molecular complexity index is 420. The summed E-state index contributed by atoms with van der Waals surface area (Å²) in [6.45, 7) is 0.330. The van der Waals surface area contributed by atoms with Crippen molar-refractivity contribution in [1.82, 2.24) is 4.90 Å². The average Bonchev–Trinajstić information content (AvgIpc) is 2.37. The average molecular weight is 256 g/mol. The summed E-state index contributed by atoms with van der Waals surface area (Å²) in [5.74, 6) is -0.671. The van der Waals surface area contributed by atoms with Gasteiger partial charge < -0.3 is 9.64 Å². The minimum absolute atomic E-state index is 0.0725. The molecule has 17 heavy (non-hydrogen) atoms. The monoisotopic (exact) mass is 255 g/mol. The molecule has 0 bridgehead atoms. The van der Waals surface area contributed by atoms with E-state index in [9.17, 15) is 9.59 Å². The largest absolute Gasteiger partial charge is 0.465 e. The van der Waals surface area contributed by atoms with Crippen LogP contribution in [0.15, 0.2) is 24.3 Å². The Hall–Kier alpha value is -1.55. The maximum atomic E-state index is 11.5. The molecule has 0 aliphatic heterocycles. The van der Waals surface area contributed by atoms with E-state index in [2.05, 4.69) is 4.74 Å². The summed E-state index contributed by atoms with van der Waals surface area (Å²) >= 11 is 5.46. The molecule has 0 heterocycles. The number of ether oxygens (including phenoxy) is 1. The van der Waals surface area contributed by atoms with Gasteiger partial charge in [0.15, 0.2) is 0 Å². The van der Waals surface area contributed by atoms with Gasteiger partial charge in [-0.05, 0) is 11.6 Å². The molecule has 0 unspecified atom stereocenters. The summed E-state index contributed by atoms with van der Waals surface area (Å²) in [5.41, 5.74) is 1.20. The maximum absolute atomic E-state index is 11.5. The van der Waals surface area contributed by atoms with E-state index in [4.69, 9.17) is 11.6 Å². The number of amides is 1. The van der Waals surface area contributed by atoms with E-state index in [1.807, 2.05) is 0 Å². The van der Waals surface area contributed by atoms with Gasteiger partial charge in [-0.2, -0.15) is 0 Å². The summed E-state index contributed by atoms with van der Waals surface area (Å²) in [5, 5.41) is 0. The van der Waals surface area contributed by atoms with Gasteiger partial charge in [0.25, 0.3) is 0 Å². The molecule has 1 amide bonds. The number of carbonyl (C=O) groups excluding carboxylic acids is 2. The summed E-state index contributed by atoms with van der Waals surface area (Å²) in [6.07, 6.45) is 0. The molecule has 1 aromatic carbocycles. The van der Waals surface area contributed by atoms with Crippen molar-refractivity contribution in [3.63, 3.8) is 0 Å². The molecule has 0 atom stereocenters. The van der Waals surface area contributed by atoms with Crippen LogP contribution in [0.1, 0.15) is 15.9 Å². The lowest BCUT2D eigenvalue weighted by molar-refractivity contribution is -0.127. The fourth-order valence-electron chi connectivity index (χ4n) is 1.41. The molecule has 0 aliphatic carbocycles. The number of benzene rings is 1. The van der Waals surface area contributed by atoms with Crippen LogP contribution in [-0.4, -0.2) is 36.8 Å². The SMILES string of the molecule is COC(=O)c1ccccc1CN(C)C(=O)CCl. The van der Waals surface area contributed by atoms with E-state index in [1.165, 1.54) is 12.0 Å². The third-order valence-electron chi connectivity index (χ3n) is 2.37.